The van der Waals surface area contributed by atoms with Gasteiger partial charge in [0.05, 0.1) is 0 Å². The highest BCUT2D eigenvalue weighted by Crippen LogP contribution is 2.18. The van der Waals surface area contributed by atoms with E-state index in [1.807, 2.05) is 38.1 Å². The molecule has 1 unspecified atom stereocenters. The van der Waals surface area contributed by atoms with Gasteiger partial charge in [-0.05, 0) is 31.4 Å². The van der Waals surface area contributed by atoms with Crippen LogP contribution in [0.25, 0.3) is 0 Å². The summed E-state index contributed by atoms with van der Waals surface area (Å²) in [5, 5.41) is 8.74. The van der Waals surface area contributed by atoms with Gasteiger partial charge >= 0.3 is 0 Å². The maximum atomic E-state index is 12.1. The van der Waals surface area contributed by atoms with Gasteiger partial charge in [-0.25, -0.2) is 0 Å². The van der Waals surface area contributed by atoms with Crippen LogP contribution in [0.2, 0.25) is 0 Å². The van der Waals surface area contributed by atoms with E-state index in [2.05, 4.69) is 4.72 Å². The maximum Gasteiger partial charge on any atom is 0.279 e. The predicted octanol–water partition coefficient (Wildman–Crippen LogP) is 1.20. The summed E-state index contributed by atoms with van der Waals surface area (Å²) in [5.74, 6) is 0. The first kappa shape index (κ1) is 16.1. The van der Waals surface area contributed by atoms with Gasteiger partial charge in [-0.1, -0.05) is 24.3 Å². The molecule has 5 nitrogen and oxygen atoms in total. The Morgan fingerprint density at radius 2 is 2.00 bits per heavy atom. The molecule has 0 fully saturated rings. The van der Waals surface area contributed by atoms with Crippen LogP contribution < -0.4 is 4.72 Å². The Hall–Kier alpha value is -0.950. The SMILES string of the molecule is Cc1ccccc1C(C)NS(=O)(=O)N(C)CCCO. The van der Waals surface area contributed by atoms with Crippen LogP contribution in [-0.4, -0.2) is 38.0 Å². The lowest BCUT2D eigenvalue weighted by molar-refractivity contribution is 0.275. The molecule has 1 rings (SSSR count). The Morgan fingerprint density at radius 1 is 1.37 bits per heavy atom. The Morgan fingerprint density at radius 3 is 2.58 bits per heavy atom. The van der Waals surface area contributed by atoms with Crippen molar-refractivity contribution in [3.8, 4) is 0 Å². The molecule has 0 aromatic heterocycles. The van der Waals surface area contributed by atoms with E-state index in [1.54, 1.807) is 0 Å². The van der Waals surface area contributed by atoms with Crippen molar-refractivity contribution in [3.05, 3.63) is 35.4 Å². The fourth-order valence-electron chi connectivity index (χ4n) is 1.86. The van der Waals surface area contributed by atoms with E-state index in [0.717, 1.165) is 11.1 Å². The average molecular weight is 286 g/mol. The lowest BCUT2D eigenvalue weighted by atomic mass is 10.0. The summed E-state index contributed by atoms with van der Waals surface area (Å²) in [7, 11) is -2.02. The summed E-state index contributed by atoms with van der Waals surface area (Å²) in [4.78, 5) is 0. The molecular weight excluding hydrogens is 264 g/mol. The maximum absolute atomic E-state index is 12.1. The third kappa shape index (κ3) is 4.58. The van der Waals surface area contributed by atoms with Crippen LogP contribution in [-0.2, 0) is 10.2 Å². The Labute approximate surface area is 115 Å². The molecule has 0 aliphatic rings. The van der Waals surface area contributed by atoms with Gasteiger partial charge in [0.1, 0.15) is 0 Å². The molecule has 0 heterocycles. The average Bonchev–Trinajstić information content (AvgIpc) is 2.35. The minimum atomic E-state index is -3.52. The number of aryl methyl sites for hydroxylation is 1. The molecule has 0 aliphatic carbocycles. The first-order valence-corrected chi connectivity index (χ1v) is 7.72. The van der Waals surface area contributed by atoms with Crippen LogP contribution in [0.5, 0.6) is 0 Å². The first-order valence-electron chi connectivity index (χ1n) is 6.28. The van der Waals surface area contributed by atoms with E-state index in [1.165, 1.54) is 11.4 Å². The molecule has 108 valence electrons. The predicted molar refractivity (Wildman–Crippen MR) is 76.0 cm³/mol. The van der Waals surface area contributed by atoms with Gasteiger partial charge in [-0.15, -0.1) is 0 Å². The second-order valence-corrected chi connectivity index (χ2v) is 6.41. The number of hydrogen-bond donors (Lipinski definition) is 2. The van der Waals surface area contributed by atoms with Gasteiger partial charge in [0.2, 0.25) is 0 Å². The number of aliphatic hydroxyl groups is 1. The lowest BCUT2D eigenvalue weighted by Crippen LogP contribution is -2.40. The summed E-state index contributed by atoms with van der Waals surface area (Å²) in [6, 6.07) is 7.39. The van der Waals surface area contributed by atoms with Gasteiger partial charge in [-0.3, -0.25) is 0 Å². The van der Waals surface area contributed by atoms with Crippen molar-refractivity contribution in [2.75, 3.05) is 20.2 Å². The van der Waals surface area contributed by atoms with Crippen molar-refractivity contribution in [2.24, 2.45) is 0 Å². The highest BCUT2D eigenvalue weighted by atomic mass is 32.2. The van der Waals surface area contributed by atoms with Crippen LogP contribution in [0.1, 0.15) is 30.5 Å². The monoisotopic (exact) mass is 286 g/mol. The second-order valence-electron chi connectivity index (χ2n) is 4.60. The second kappa shape index (κ2) is 7.00. The molecule has 6 heteroatoms. The van der Waals surface area contributed by atoms with Crippen LogP contribution >= 0.6 is 0 Å². The minimum Gasteiger partial charge on any atom is -0.396 e. The minimum absolute atomic E-state index is 0.0206. The van der Waals surface area contributed by atoms with E-state index in [0.29, 0.717) is 13.0 Å². The van der Waals surface area contributed by atoms with Crippen molar-refractivity contribution in [3.63, 3.8) is 0 Å². The molecule has 0 saturated heterocycles. The highest BCUT2D eigenvalue weighted by molar-refractivity contribution is 7.87. The highest BCUT2D eigenvalue weighted by Gasteiger charge is 2.21. The van der Waals surface area contributed by atoms with Crippen molar-refractivity contribution in [1.29, 1.82) is 0 Å². The summed E-state index contributed by atoms with van der Waals surface area (Å²) >= 11 is 0. The van der Waals surface area contributed by atoms with Gasteiger partial charge in [0.15, 0.2) is 0 Å². The number of benzene rings is 1. The molecule has 2 N–H and O–H groups in total. The smallest absolute Gasteiger partial charge is 0.279 e. The first-order chi connectivity index (χ1) is 8.88. The Balaban J connectivity index is 2.76. The van der Waals surface area contributed by atoms with Crippen LogP contribution in [0, 0.1) is 6.92 Å². The Bertz CT molecular complexity index is 502. The van der Waals surface area contributed by atoms with E-state index >= 15 is 0 Å². The molecule has 0 saturated carbocycles. The number of nitrogens with one attached hydrogen (secondary N) is 1. The van der Waals surface area contributed by atoms with Crippen molar-refractivity contribution >= 4 is 10.2 Å². The fourth-order valence-corrected chi connectivity index (χ4v) is 2.99. The van der Waals surface area contributed by atoms with E-state index in [-0.39, 0.29) is 12.6 Å². The van der Waals surface area contributed by atoms with E-state index in [4.69, 9.17) is 5.11 Å². The molecule has 1 aromatic carbocycles. The molecule has 19 heavy (non-hydrogen) atoms. The van der Waals surface area contributed by atoms with Crippen molar-refractivity contribution in [2.45, 2.75) is 26.3 Å². The number of nitrogens with zero attached hydrogens (tertiary/aromatic N) is 1. The summed E-state index contributed by atoms with van der Waals surface area (Å²) in [6.07, 6.45) is 0.427. The van der Waals surface area contributed by atoms with Crippen molar-refractivity contribution in [1.82, 2.24) is 9.03 Å². The largest absolute Gasteiger partial charge is 0.396 e. The summed E-state index contributed by atoms with van der Waals surface area (Å²) in [5.41, 5.74) is 2.01. The fraction of sp³-hybridized carbons (Fsp3) is 0.538. The van der Waals surface area contributed by atoms with Crippen molar-refractivity contribution < 1.29 is 13.5 Å². The third-order valence-electron chi connectivity index (χ3n) is 3.02. The van der Waals surface area contributed by atoms with Gasteiger partial charge < -0.3 is 5.11 Å². The standard InChI is InChI=1S/C13H22N2O3S/c1-11-7-4-5-8-13(11)12(2)14-19(17,18)15(3)9-6-10-16/h4-5,7-8,12,14,16H,6,9-10H2,1-3H3. The third-order valence-corrected chi connectivity index (χ3v) is 4.68. The van der Waals surface area contributed by atoms with Crippen LogP contribution in [0.4, 0.5) is 0 Å². The van der Waals surface area contributed by atoms with Gasteiger partial charge in [-0.2, -0.15) is 17.4 Å². The zero-order valence-corrected chi connectivity index (χ0v) is 12.4. The molecule has 0 amide bonds. The molecule has 0 aliphatic heterocycles. The zero-order valence-electron chi connectivity index (χ0n) is 11.6. The molecular formula is C13H22N2O3S. The summed E-state index contributed by atoms with van der Waals surface area (Å²) in [6.45, 7) is 4.05. The van der Waals surface area contributed by atoms with Crippen LogP contribution in [0.3, 0.4) is 0 Å². The normalized spacial score (nSPS) is 13.7. The molecule has 1 aromatic rings. The zero-order chi connectivity index (χ0) is 14.5. The number of aliphatic hydroxyl groups excluding tert-OH is 1. The number of hydrogen-bond acceptors (Lipinski definition) is 3. The quantitative estimate of drug-likeness (QED) is 0.791. The molecule has 0 spiro atoms. The molecule has 1 atom stereocenters. The van der Waals surface area contributed by atoms with Gasteiger partial charge in [0.25, 0.3) is 10.2 Å². The summed E-state index contributed by atoms with van der Waals surface area (Å²) < 4.78 is 28.0. The van der Waals surface area contributed by atoms with E-state index < -0.39 is 10.2 Å². The molecule has 0 radical (unpaired) electrons. The molecule has 0 bridgehead atoms. The van der Waals surface area contributed by atoms with Gasteiger partial charge in [0, 0.05) is 26.2 Å². The Kier molecular flexibility index (Phi) is 5.93. The number of rotatable bonds is 7. The van der Waals surface area contributed by atoms with Crippen LogP contribution in [0.15, 0.2) is 24.3 Å². The topological polar surface area (TPSA) is 69.6 Å². The van der Waals surface area contributed by atoms with E-state index in [9.17, 15) is 8.42 Å². The lowest BCUT2D eigenvalue weighted by Gasteiger charge is -2.22.